The number of nitriles is 1. The molecule has 0 saturated carbocycles. The van der Waals surface area contributed by atoms with Crippen LogP contribution in [0.25, 0.3) is 17.3 Å². The number of hydrogen-bond donors (Lipinski definition) is 0. The monoisotopic (exact) mass is 501 g/mol. The van der Waals surface area contributed by atoms with E-state index in [1.807, 2.05) is 6.07 Å². The summed E-state index contributed by atoms with van der Waals surface area (Å²) in [7, 11) is 0. The number of amides is 1. The molecule has 2 heterocycles. The van der Waals surface area contributed by atoms with Crippen molar-refractivity contribution in [3.05, 3.63) is 79.5 Å². The molecule has 1 saturated heterocycles. The molecule has 0 atom stereocenters. The number of halogens is 3. The van der Waals surface area contributed by atoms with Gasteiger partial charge in [-0.15, -0.1) is 11.3 Å². The summed E-state index contributed by atoms with van der Waals surface area (Å²) >= 11 is 0.931. The third kappa shape index (κ3) is 5.45. The summed E-state index contributed by atoms with van der Waals surface area (Å²) in [6.45, 7) is -1.67. The molecule has 3 aromatic rings. The van der Waals surface area contributed by atoms with Crippen molar-refractivity contribution in [2.75, 3.05) is 26.3 Å². The summed E-state index contributed by atoms with van der Waals surface area (Å²) in [5, 5.41) is 9.87. The number of ether oxygens (including phenoxy) is 2. The third-order valence-electron chi connectivity index (χ3n) is 5.15. The SMILES string of the molecule is N#C/C(C(=O)N1CCOCC1)=c1/s/c(=C\c2ccc(OC(F)F)cc2)c(=O)n1-c1ccc(F)cc1. The van der Waals surface area contributed by atoms with Crippen molar-refractivity contribution >= 4 is 28.9 Å². The molecule has 1 aromatic heterocycles. The van der Waals surface area contributed by atoms with Crippen LogP contribution in [0.15, 0.2) is 53.3 Å². The van der Waals surface area contributed by atoms with Crippen molar-refractivity contribution in [3.8, 4) is 17.5 Å². The highest BCUT2D eigenvalue weighted by atomic mass is 32.1. The summed E-state index contributed by atoms with van der Waals surface area (Å²) in [6, 6.07) is 12.7. The predicted octanol–water partition coefficient (Wildman–Crippen LogP) is 2.00. The van der Waals surface area contributed by atoms with Crippen LogP contribution >= 0.6 is 11.3 Å². The maximum Gasteiger partial charge on any atom is 0.387 e. The molecular weight excluding hydrogens is 483 g/mol. The minimum absolute atomic E-state index is 0.0380. The highest BCUT2D eigenvalue weighted by Gasteiger charge is 2.24. The van der Waals surface area contributed by atoms with Crippen molar-refractivity contribution in [1.82, 2.24) is 9.47 Å². The smallest absolute Gasteiger partial charge is 0.387 e. The zero-order valence-electron chi connectivity index (χ0n) is 18.1. The molecule has 0 N–H and O–H groups in total. The van der Waals surface area contributed by atoms with Gasteiger partial charge in [-0.3, -0.25) is 14.2 Å². The van der Waals surface area contributed by atoms with E-state index in [-0.39, 0.29) is 26.2 Å². The third-order valence-corrected chi connectivity index (χ3v) is 6.24. The first-order chi connectivity index (χ1) is 16.9. The van der Waals surface area contributed by atoms with E-state index in [2.05, 4.69) is 4.74 Å². The van der Waals surface area contributed by atoms with Gasteiger partial charge in [0.05, 0.1) is 23.4 Å². The van der Waals surface area contributed by atoms with Gasteiger partial charge in [0.1, 0.15) is 22.3 Å². The number of nitrogens with zero attached hydrogens (tertiary/aromatic N) is 3. The molecule has 35 heavy (non-hydrogen) atoms. The molecule has 0 spiro atoms. The number of morpholine rings is 1. The summed E-state index contributed by atoms with van der Waals surface area (Å²) in [4.78, 5) is 28.0. The van der Waals surface area contributed by atoms with Gasteiger partial charge in [0.2, 0.25) is 0 Å². The van der Waals surface area contributed by atoms with Crippen LogP contribution in [0.4, 0.5) is 13.2 Å². The standard InChI is InChI=1S/C24H18F3N3O4S/c25-16-3-5-17(6-4-16)30-22(32)20(13-15-1-7-18(8-2-15)34-24(26)27)35-23(30)19(14-28)21(31)29-9-11-33-12-10-29/h1-8,13,24H,9-12H2/b20-13-,23-19-. The van der Waals surface area contributed by atoms with E-state index >= 15 is 0 Å². The van der Waals surface area contributed by atoms with Crippen LogP contribution in [0.2, 0.25) is 0 Å². The van der Waals surface area contributed by atoms with Crippen molar-refractivity contribution < 1.29 is 27.4 Å². The molecule has 1 fully saturated rings. The van der Waals surface area contributed by atoms with E-state index in [4.69, 9.17) is 4.74 Å². The number of carbonyl (C=O) groups is 1. The van der Waals surface area contributed by atoms with Gasteiger partial charge in [-0.25, -0.2) is 4.39 Å². The summed E-state index contributed by atoms with van der Waals surface area (Å²) in [5.74, 6) is -1.08. The van der Waals surface area contributed by atoms with E-state index in [1.165, 1.54) is 64.1 Å². The lowest BCUT2D eigenvalue weighted by atomic mass is 10.2. The van der Waals surface area contributed by atoms with Crippen LogP contribution in [0.1, 0.15) is 5.56 Å². The maximum atomic E-state index is 13.5. The molecular formula is C24H18F3N3O4S. The second-order valence-corrected chi connectivity index (χ2v) is 8.40. The van der Waals surface area contributed by atoms with Crippen LogP contribution in [-0.4, -0.2) is 48.3 Å². The molecule has 0 aliphatic carbocycles. The van der Waals surface area contributed by atoms with Crippen molar-refractivity contribution in [2.45, 2.75) is 6.61 Å². The zero-order valence-corrected chi connectivity index (χ0v) is 18.9. The highest BCUT2D eigenvalue weighted by Crippen LogP contribution is 2.15. The van der Waals surface area contributed by atoms with Crippen LogP contribution in [-0.2, 0) is 9.53 Å². The second kappa shape index (κ2) is 10.6. The molecule has 4 rings (SSSR count). The van der Waals surface area contributed by atoms with Gasteiger partial charge < -0.3 is 14.4 Å². The van der Waals surface area contributed by atoms with Crippen LogP contribution < -0.4 is 19.5 Å². The lowest BCUT2D eigenvalue weighted by Crippen LogP contribution is -2.42. The summed E-state index contributed by atoms with van der Waals surface area (Å²) < 4.78 is 49.4. The van der Waals surface area contributed by atoms with Crippen LogP contribution in [0.3, 0.4) is 0 Å². The largest absolute Gasteiger partial charge is 0.435 e. The minimum atomic E-state index is -2.96. The van der Waals surface area contributed by atoms with Crippen molar-refractivity contribution in [3.63, 3.8) is 0 Å². The van der Waals surface area contributed by atoms with Gasteiger partial charge in [0, 0.05) is 13.1 Å². The molecule has 0 radical (unpaired) electrons. The fourth-order valence-electron chi connectivity index (χ4n) is 3.48. The van der Waals surface area contributed by atoms with Gasteiger partial charge in [-0.2, -0.15) is 14.0 Å². The Hall–Kier alpha value is -3.88. The molecule has 1 aliphatic heterocycles. The topological polar surface area (TPSA) is 84.6 Å². The van der Waals surface area contributed by atoms with E-state index in [0.717, 1.165) is 11.3 Å². The lowest BCUT2D eigenvalue weighted by molar-refractivity contribution is -0.128. The second-order valence-electron chi connectivity index (χ2n) is 7.37. The Morgan fingerprint density at radius 2 is 1.77 bits per heavy atom. The first-order valence-corrected chi connectivity index (χ1v) is 11.2. The average Bonchev–Trinajstić information content (AvgIpc) is 3.17. The molecule has 7 nitrogen and oxygen atoms in total. The number of hydrogen-bond acceptors (Lipinski definition) is 6. The quantitative estimate of drug-likeness (QED) is 0.534. The number of thiazole rings is 1. The van der Waals surface area contributed by atoms with Gasteiger partial charge in [0.25, 0.3) is 11.5 Å². The van der Waals surface area contributed by atoms with E-state index < -0.39 is 23.9 Å². The number of alkyl halides is 2. The van der Waals surface area contributed by atoms with Gasteiger partial charge >= 0.3 is 6.61 Å². The number of aromatic nitrogens is 1. The van der Waals surface area contributed by atoms with Crippen LogP contribution in [0.5, 0.6) is 5.75 Å². The first-order valence-electron chi connectivity index (χ1n) is 10.4. The van der Waals surface area contributed by atoms with Crippen molar-refractivity contribution in [2.24, 2.45) is 0 Å². The molecule has 1 amide bonds. The highest BCUT2D eigenvalue weighted by molar-refractivity contribution is 7.07. The van der Waals surface area contributed by atoms with E-state index in [9.17, 15) is 28.0 Å². The number of benzene rings is 2. The fraction of sp³-hybridized carbons (Fsp3) is 0.208. The molecule has 180 valence electrons. The molecule has 0 bridgehead atoms. The predicted molar refractivity (Wildman–Crippen MR) is 122 cm³/mol. The summed E-state index contributed by atoms with van der Waals surface area (Å²) in [6.07, 6.45) is 1.51. The van der Waals surface area contributed by atoms with Crippen molar-refractivity contribution in [1.29, 1.82) is 5.26 Å². The van der Waals surface area contributed by atoms with E-state index in [0.29, 0.717) is 31.9 Å². The molecule has 2 aromatic carbocycles. The van der Waals surface area contributed by atoms with Gasteiger partial charge in [-0.05, 0) is 48.0 Å². The Bertz CT molecular complexity index is 1440. The first kappa shape index (κ1) is 24.3. The average molecular weight is 501 g/mol. The van der Waals surface area contributed by atoms with Crippen LogP contribution in [0, 0.1) is 17.1 Å². The number of rotatable bonds is 5. The molecule has 1 aliphatic rings. The van der Waals surface area contributed by atoms with Gasteiger partial charge in [0.15, 0.2) is 5.57 Å². The normalized spacial score (nSPS) is 15.2. The zero-order chi connectivity index (χ0) is 24.9. The van der Waals surface area contributed by atoms with Gasteiger partial charge in [-0.1, -0.05) is 12.1 Å². The Balaban J connectivity index is 1.89. The Labute approximate surface area is 201 Å². The number of carbonyl (C=O) groups excluding carboxylic acids is 1. The Kier molecular flexibility index (Phi) is 7.33. The van der Waals surface area contributed by atoms with E-state index in [1.54, 1.807) is 0 Å². The Morgan fingerprint density at radius 3 is 2.37 bits per heavy atom. The molecule has 11 heteroatoms. The Morgan fingerprint density at radius 1 is 1.11 bits per heavy atom. The summed E-state index contributed by atoms with van der Waals surface area (Å²) in [5.41, 5.74) is 0.0528. The fourth-order valence-corrected chi connectivity index (χ4v) is 4.58. The minimum Gasteiger partial charge on any atom is -0.435 e. The lowest BCUT2D eigenvalue weighted by Gasteiger charge is -2.26. The maximum absolute atomic E-state index is 13.5. The molecule has 0 unspecified atom stereocenters.